The summed E-state index contributed by atoms with van der Waals surface area (Å²) in [4.78, 5) is 0. The van der Waals surface area contributed by atoms with Crippen molar-refractivity contribution in [1.82, 2.24) is 0 Å². The number of hydrogen-bond acceptors (Lipinski definition) is 0. The van der Waals surface area contributed by atoms with Crippen LogP contribution in [-0.4, -0.2) is 0 Å². The molecule has 2 saturated carbocycles. The van der Waals surface area contributed by atoms with E-state index in [0.29, 0.717) is 0 Å². The van der Waals surface area contributed by atoms with Gasteiger partial charge in [0.25, 0.3) is 0 Å². The minimum absolute atomic E-state index is 0.721. The second-order valence-electron chi connectivity index (χ2n) is 7.45. The minimum atomic E-state index is 0.721. The van der Waals surface area contributed by atoms with Crippen molar-refractivity contribution in [2.24, 2.45) is 35.5 Å². The monoisotopic (exact) mass is 268 g/mol. The molecule has 0 radical (unpaired) electrons. The van der Waals surface area contributed by atoms with Crippen LogP contribution in [0.4, 0.5) is 0 Å². The van der Waals surface area contributed by atoms with Crippen molar-refractivity contribution < 1.29 is 0 Å². The predicted octanol–water partition coefficient (Wildman–Crippen LogP) is 5.55. The van der Waals surface area contributed by atoms with E-state index in [1.54, 1.807) is 0 Å². The summed E-state index contributed by atoms with van der Waals surface area (Å²) in [5.41, 5.74) is 4.28. The van der Waals surface area contributed by atoms with Crippen molar-refractivity contribution >= 4 is 0 Å². The molecule has 0 aromatic carbocycles. The quantitative estimate of drug-likeness (QED) is 0.547. The highest BCUT2D eigenvalue weighted by Gasteiger charge is 2.48. The first-order chi connectivity index (χ1) is 9.49. The number of hydrogen-bond donors (Lipinski definition) is 0. The van der Waals surface area contributed by atoms with Gasteiger partial charge in [0, 0.05) is 0 Å². The van der Waals surface area contributed by atoms with Gasteiger partial charge in [0.05, 0.1) is 0 Å². The molecule has 3 rings (SSSR count). The Balaban J connectivity index is 1.86. The van der Waals surface area contributed by atoms with E-state index >= 15 is 0 Å². The highest BCUT2D eigenvalue weighted by Crippen LogP contribution is 2.55. The SMILES string of the molecule is C=C1CCC(C2C(C)C3C=CC(C)=CC3C2C)C(=C)C1. The van der Waals surface area contributed by atoms with Gasteiger partial charge in [-0.3, -0.25) is 0 Å². The first kappa shape index (κ1) is 13.9. The van der Waals surface area contributed by atoms with Crippen LogP contribution in [0, 0.1) is 35.5 Å². The molecule has 20 heavy (non-hydrogen) atoms. The summed E-state index contributed by atoms with van der Waals surface area (Å²) >= 11 is 0. The molecule has 0 aliphatic heterocycles. The number of fused-ring (bicyclic) bond motifs is 1. The molecule has 0 nitrogen and oxygen atoms in total. The fourth-order valence-corrected chi connectivity index (χ4v) is 5.18. The Bertz CT molecular complexity index is 490. The third-order valence-corrected chi connectivity index (χ3v) is 6.18. The topological polar surface area (TPSA) is 0 Å². The summed E-state index contributed by atoms with van der Waals surface area (Å²) in [6.07, 6.45) is 10.9. The van der Waals surface area contributed by atoms with Crippen molar-refractivity contribution in [2.75, 3.05) is 0 Å². The van der Waals surface area contributed by atoms with Crippen LogP contribution in [0.25, 0.3) is 0 Å². The molecular formula is C20H28. The molecule has 0 spiro atoms. The summed E-state index contributed by atoms with van der Waals surface area (Å²) in [5.74, 6) is 4.58. The highest BCUT2D eigenvalue weighted by molar-refractivity contribution is 5.28. The van der Waals surface area contributed by atoms with Gasteiger partial charge in [0.15, 0.2) is 0 Å². The average molecular weight is 268 g/mol. The summed E-state index contributed by atoms with van der Waals surface area (Å²) in [5, 5.41) is 0. The molecule has 6 unspecified atom stereocenters. The molecule has 2 fully saturated rings. The first-order valence-corrected chi connectivity index (χ1v) is 8.20. The fraction of sp³-hybridized carbons (Fsp3) is 0.600. The van der Waals surface area contributed by atoms with E-state index in [-0.39, 0.29) is 0 Å². The summed E-state index contributed by atoms with van der Waals surface area (Å²) in [6.45, 7) is 15.8. The predicted molar refractivity (Wildman–Crippen MR) is 87.3 cm³/mol. The zero-order chi connectivity index (χ0) is 14.4. The van der Waals surface area contributed by atoms with Gasteiger partial charge < -0.3 is 0 Å². The molecule has 0 aromatic heterocycles. The molecule has 0 amide bonds. The molecule has 0 heterocycles. The van der Waals surface area contributed by atoms with E-state index in [2.05, 4.69) is 52.2 Å². The fourth-order valence-electron chi connectivity index (χ4n) is 5.18. The van der Waals surface area contributed by atoms with E-state index in [1.165, 1.54) is 29.6 Å². The van der Waals surface area contributed by atoms with Gasteiger partial charge in [0.1, 0.15) is 0 Å². The molecule has 3 aliphatic rings. The molecule has 0 heteroatoms. The third-order valence-electron chi connectivity index (χ3n) is 6.18. The second kappa shape index (κ2) is 5.06. The summed E-state index contributed by atoms with van der Waals surface area (Å²) < 4.78 is 0. The Hall–Kier alpha value is -1.04. The lowest BCUT2D eigenvalue weighted by atomic mass is 9.69. The largest absolute Gasteiger partial charge is 0.0995 e. The third kappa shape index (κ3) is 2.14. The Morgan fingerprint density at radius 2 is 1.80 bits per heavy atom. The average Bonchev–Trinajstić information content (AvgIpc) is 2.63. The Kier molecular flexibility index (Phi) is 3.52. The van der Waals surface area contributed by atoms with E-state index in [9.17, 15) is 0 Å². The van der Waals surface area contributed by atoms with Gasteiger partial charge >= 0.3 is 0 Å². The van der Waals surface area contributed by atoms with E-state index < -0.39 is 0 Å². The van der Waals surface area contributed by atoms with Crippen LogP contribution in [0.5, 0.6) is 0 Å². The minimum Gasteiger partial charge on any atom is -0.0995 e. The maximum absolute atomic E-state index is 4.40. The van der Waals surface area contributed by atoms with Crippen LogP contribution in [0.1, 0.15) is 40.0 Å². The molecule has 0 saturated heterocycles. The first-order valence-electron chi connectivity index (χ1n) is 8.20. The van der Waals surface area contributed by atoms with Crippen LogP contribution in [0.3, 0.4) is 0 Å². The van der Waals surface area contributed by atoms with Crippen molar-refractivity contribution in [3.05, 3.63) is 48.1 Å². The van der Waals surface area contributed by atoms with E-state index in [4.69, 9.17) is 0 Å². The van der Waals surface area contributed by atoms with Crippen molar-refractivity contribution in [3.63, 3.8) is 0 Å². The van der Waals surface area contributed by atoms with Crippen LogP contribution in [-0.2, 0) is 0 Å². The van der Waals surface area contributed by atoms with Gasteiger partial charge in [-0.2, -0.15) is 0 Å². The Labute approximate surface area is 124 Å². The molecule has 108 valence electrons. The number of allylic oxidation sites excluding steroid dienone is 6. The zero-order valence-corrected chi connectivity index (χ0v) is 13.2. The lowest BCUT2D eigenvalue weighted by molar-refractivity contribution is 0.221. The van der Waals surface area contributed by atoms with Gasteiger partial charge in [0.2, 0.25) is 0 Å². The zero-order valence-electron chi connectivity index (χ0n) is 13.2. The van der Waals surface area contributed by atoms with E-state index in [0.717, 1.165) is 41.9 Å². The van der Waals surface area contributed by atoms with E-state index in [1.807, 2.05) is 0 Å². The molecule has 3 aliphatic carbocycles. The molecule has 0 aromatic rings. The maximum atomic E-state index is 4.40. The molecule has 0 N–H and O–H groups in total. The standard InChI is InChI=1S/C20H28/c1-12-6-8-17(14(3)10-12)20-15(4)18-9-7-13(2)11-19(18)16(20)5/h7,9,11,15-20H,1,3,6,8,10H2,2,4-5H3. The molecule has 6 atom stereocenters. The van der Waals surface area contributed by atoms with Crippen molar-refractivity contribution in [3.8, 4) is 0 Å². The Morgan fingerprint density at radius 1 is 1.10 bits per heavy atom. The summed E-state index contributed by atoms with van der Waals surface area (Å²) in [6, 6.07) is 0. The van der Waals surface area contributed by atoms with Crippen LogP contribution in [0.15, 0.2) is 48.1 Å². The van der Waals surface area contributed by atoms with Gasteiger partial charge in [-0.15, -0.1) is 0 Å². The molecule has 0 bridgehead atoms. The molecular weight excluding hydrogens is 240 g/mol. The van der Waals surface area contributed by atoms with Crippen molar-refractivity contribution in [2.45, 2.75) is 40.0 Å². The van der Waals surface area contributed by atoms with Crippen molar-refractivity contribution in [1.29, 1.82) is 0 Å². The smallest absolute Gasteiger partial charge is 0.0111 e. The van der Waals surface area contributed by atoms with Crippen LogP contribution in [0.2, 0.25) is 0 Å². The maximum Gasteiger partial charge on any atom is -0.0111 e. The number of rotatable bonds is 1. The van der Waals surface area contributed by atoms with Crippen LogP contribution < -0.4 is 0 Å². The normalized spacial score (nSPS) is 44.5. The highest BCUT2D eigenvalue weighted by atomic mass is 14.5. The Morgan fingerprint density at radius 3 is 2.50 bits per heavy atom. The lowest BCUT2D eigenvalue weighted by Gasteiger charge is -2.36. The second-order valence-corrected chi connectivity index (χ2v) is 7.45. The van der Waals surface area contributed by atoms with Gasteiger partial charge in [-0.1, -0.05) is 62.0 Å². The van der Waals surface area contributed by atoms with Crippen LogP contribution >= 0.6 is 0 Å². The van der Waals surface area contributed by atoms with Gasteiger partial charge in [-0.05, 0) is 61.7 Å². The van der Waals surface area contributed by atoms with Gasteiger partial charge in [-0.25, -0.2) is 0 Å². The summed E-state index contributed by atoms with van der Waals surface area (Å²) in [7, 11) is 0. The lowest BCUT2D eigenvalue weighted by Crippen LogP contribution is -2.27.